The molecule has 8 heteroatoms. The third-order valence-corrected chi connectivity index (χ3v) is 5.30. The van der Waals surface area contributed by atoms with Crippen molar-refractivity contribution in [3.8, 4) is 23.8 Å². The lowest BCUT2D eigenvalue weighted by Crippen LogP contribution is -2.01. The van der Waals surface area contributed by atoms with Crippen LogP contribution in [0.1, 0.15) is 22.3 Å². The average molecular weight is 415 g/mol. The van der Waals surface area contributed by atoms with E-state index >= 15 is 0 Å². The number of nitrogens with one attached hydrogen (secondary N) is 1. The first kappa shape index (κ1) is 19.3. The number of nitriles is 2. The quantitative estimate of drug-likeness (QED) is 0.458. The van der Waals surface area contributed by atoms with E-state index < -0.39 is 5.82 Å². The van der Waals surface area contributed by atoms with E-state index in [0.717, 1.165) is 15.8 Å². The number of benzene rings is 2. The fourth-order valence-electron chi connectivity index (χ4n) is 3.05. The van der Waals surface area contributed by atoms with Crippen molar-refractivity contribution in [2.75, 3.05) is 5.32 Å². The number of hydrogen-bond acceptors (Lipinski definition) is 7. The number of ether oxygens (including phenoxy) is 1. The Kier molecular flexibility index (Phi) is 5.01. The molecule has 2 heterocycles. The van der Waals surface area contributed by atoms with Crippen LogP contribution in [0.5, 0.6) is 11.6 Å². The lowest BCUT2D eigenvalue weighted by atomic mass is 10.1. The summed E-state index contributed by atoms with van der Waals surface area (Å²) in [6.45, 7) is 3.74. The summed E-state index contributed by atoms with van der Waals surface area (Å²) in [6, 6.07) is 13.5. The van der Waals surface area contributed by atoms with Gasteiger partial charge < -0.3 is 10.1 Å². The van der Waals surface area contributed by atoms with E-state index in [4.69, 9.17) is 15.3 Å². The molecule has 0 aliphatic carbocycles. The first-order valence-corrected chi connectivity index (χ1v) is 9.77. The Balaban J connectivity index is 1.73. The van der Waals surface area contributed by atoms with Gasteiger partial charge in [-0.15, -0.1) is 11.3 Å². The molecule has 4 rings (SSSR count). The smallest absolute Gasteiger partial charge is 0.242 e. The van der Waals surface area contributed by atoms with Crippen molar-refractivity contribution in [2.24, 2.45) is 0 Å². The van der Waals surface area contributed by atoms with Crippen LogP contribution in [0.3, 0.4) is 0 Å². The van der Waals surface area contributed by atoms with Crippen molar-refractivity contribution in [3.05, 3.63) is 69.8 Å². The molecule has 0 saturated carbocycles. The Bertz CT molecular complexity index is 1340. The van der Waals surface area contributed by atoms with Crippen molar-refractivity contribution >= 4 is 33.2 Å². The summed E-state index contributed by atoms with van der Waals surface area (Å²) < 4.78 is 20.8. The summed E-state index contributed by atoms with van der Waals surface area (Å²) in [5, 5.41) is 22.9. The Labute approximate surface area is 175 Å². The number of halogens is 1. The lowest BCUT2D eigenvalue weighted by molar-refractivity contribution is 0.463. The second-order valence-corrected chi connectivity index (χ2v) is 7.49. The molecule has 0 saturated heterocycles. The zero-order valence-electron chi connectivity index (χ0n) is 16.0. The lowest BCUT2D eigenvalue weighted by Gasteiger charge is -2.13. The summed E-state index contributed by atoms with van der Waals surface area (Å²) in [5.41, 5.74) is 3.26. The molecule has 0 atom stereocenters. The molecule has 2 aromatic carbocycles. The fourth-order valence-corrected chi connectivity index (χ4v) is 3.80. The number of aromatic nitrogens is 2. The predicted molar refractivity (Wildman–Crippen MR) is 113 cm³/mol. The summed E-state index contributed by atoms with van der Waals surface area (Å²) in [5.74, 6) is 0.601. The first-order chi connectivity index (χ1) is 14.5. The third kappa shape index (κ3) is 3.64. The third-order valence-electron chi connectivity index (χ3n) is 4.41. The van der Waals surface area contributed by atoms with Gasteiger partial charge in [-0.2, -0.15) is 15.5 Å². The van der Waals surface area contributed by atoms with Gasteiger partial charge in [-0.1, -0.05) is 0 Å². The second-order valence-electron chi connectivity index (χ2n) is 6.57. The highest BCUT2D eigenvalue weighted by atomic mass is 32.1. The molecule has 30 heavy (non-hydrogen) atoms. The maximum atomic E-state index is 13.9. The van der Waals surface area contributed by atoms with Crippen molar-refractivity contribution in [1.82, 2.24) is 9.97 Å². The van der Waals surface area contributed by atoms with Gasteiger partial charge in [-0.25, -0.2) is 9.37 Å². The first-order valence-electron chi connectivity index (χ1n) is 8.89. The molecule has 4 aromatic rings. The monoisotopic (exact) mass is 415 g/mol. The topological polar surface area (TPSA) is 94.6 Å². The standard InChI is InChI=1S/C22H14FN5OS/c1-12-7-14(10-24)8-13(2)19(12)29-21-20-18(5-6-30-20)27-22(28-21)26-16-4-3-15(11-25)17(23)9-16/h3-9H,1-2H3,(H,26,27,28). The van der Waals surface area contributed by atoms with Gasteiger partial charge in [0.25, 0.3) is 0 Å². The number of anilines is 2. The number of thiophene rings is 1. The van der Waals surface area contributed by atoms with Crippen LogP contribution in [0.4, 0.5) is 16.0 Å². The molecule has 0 unspecified atom stereocenters. The van der Waals surface area contributed by atoms with Gasteiger partial charge in [0, 0.05) is 5.69 Å². The zero-order valence-corrected chi connectivity index (χ0v) is 16.8. The van der Waals surface area contributed by atoms with Crippen LogP contribution in [0, 0.1) is 42.3 Å². The van der Waals surface area contributed by atoms with E-state index in [9.17, 15) is 4.39 Å². The number of aryl methyl sites for hydroxylation is 2. The normalized spacial score (nSPS) is 10.4. The molecule has 146 valence electrons. The minimum atomic E-state index is -0.626. The molecular formula is C22H14FN5OS. The van der Waals surface area contributed by atoms with Gasteiger partial charge >= 0.3 is 0 Å². The zero-order chi connectivity index (χ0) is 21.3. The van der Waals surface area contributed by atoms with Gasteiger partial charge in [-0.05, 0) is 66.8 Å². The van der Waals surface area contributed by atoms with Gasteiger partial charge in [0.05, 0.1) is 22.7 Å². The van der Waals surface area contributed by atoms with E-state index in [0.29, 0.717) is 28.4 Å². The predicted octanol–water partition coefficient (Wildman–Crippen LogP) is 5.73. The van der Waals surface area contributed by atoms with Crippen LogP contribution < -0.4 is 10.1 Å². The molecule has 0 bridgehead atoms. The molecule has 0 amide bonds. The molecule has 0 spiro atoms. The molecule has 0 radical (unpaired) electrons. The Hall–Kier alpha value is -4.01. The molecule has 0 aliphatic rings. The largest absolute Gasteiger partial charge is 0.437 e. The van der Waals surface area contributed by atoms with E-state index in [1.54, 1.807) is 24.3 Å². The van der Waals surface area contributed by atoms with Crippen molar-refractivity contribution < 1.29 is 9.13 Å². The van der Waals surface area contributed by atoms with Crippen molar-refractivity contribution in [2.45, 2.75) is 13.8 Å². The van der Waals surface area contributed by atoms with Gasteiger partial charge in [0.15, 0.2) is 0 Å². The van der Waals surface area contributed by atoms with Gasteiger partial charge in [-0.3, -0.25) is 0 Å². The summed E-state index contributed by atoms with van der Waals surface area (Å²) in [6.07, 6.45) is 0. The molecule has 0 aliphatic heterocycles. The van der Waals surface area contributed by atoms with Gasteiger partial charge in [0.2, 0.25) is 11.8 Å². The minimum Gasteiger partial charge on any atom is -0.437 e. The SMILES string of the molecule is Cc1cc(C#N)cc(C)c1Oc1nc(Nc2ccc(C#N)c(F)c2)nc2ccsc12. The number of hydrogen-bond donors (Lipinski definition) is 1. The average Bonchev–Trinajstić information content (AvgIpc) is 3.19. The highest BCUT2D eigenvalue weighted by Gasteiger charge is 2.15. The maximum Gasteiger partial charge on any atom is 0.242 e. The molecule has 6 nitrogen and oxygen atoms in total. The van der Waals surface area contributed by atoms with E-state index in [1.807, 2.05) is 25.3 Å². The van der Waals surface area contributed by atoms with Gasteiger partial charge in [0.1, 0.15) is 22.3 Å². The van der Waals surface area contributed by atoms with Crippen LogP contribution in [0.2, 0.25) is 0 Å². The van der Waals surface area contributed by atoms with E-state index in [2.05, 4.69) is 21.4 Å². The number of nitrogens with zero attached hydrogens (tertiary/aromatic N) is 4. The highest BCUT2D eigenvalue weighted by molar-refractivity contribution is 7.17. The van der Waals surface area contributed by atoms with Crippen LogP contribution >= 0.6 is 11.3 Å². The van der Waals surface area contributed by atoms with Crippen molar-refractivity contribution in [1.29, 1.82) is 10.5 Å². The maximum absolute atomic E-state index is 13.9. The number of fused-ring (bicyclic) bond motifs is 1. The highest BCUT2D eigenvalue weighted by Crippen LogP contribution is 2.36. The summed E-state index contributed by atoms with van der Waals surface area (Å²) >= 11 is 1.45. The Morgan fingerprint density at radius 1 is 1.03 bits per heavy atom. The number of rotatable bonds is 4. The van der Waals surface area contributed by atoms with Crippen LogP contribution in [-0.4, -0.2) is 9.97 Å². The molecule has 2 aromatic heterocycles. The van der Waals surface area contributed by atoms with Crippen LogP contribution in [0.25, 0.3) is 10.2 Å². The Morgan fingerprint density at radius 2 is 1.80 bits per heavy atom. The van der Waals surface area contributed by atoms with E-state index in [-0.39, 0.29) is 11.5 Å². The van der Waals surface area contributed by atoms with Crippen LogP contribution in [-0.2, 0) is 0 Å². The summed E-state index contributed by atoms with van der Waals surface area (Å²) in [4.78, 5) is 8.93. The van der Waals surface area contributed by atoms with E-state index in [1.165, 1.54) is 23.5 Å². The Morgan fingerprint density at radius 3 is 2.47 bits per heavy atom. The summed E-state index contributed by atoms with van der Waals surface area (Å²) in [7, 11) is 0. The fraction of sp³-hybridized carbons (Fsp3) is 0.0909. The molecule has 0 fully saturated rings. The second kappa shape index (κ2) is 7.78. The van der Waals surface area contributed by atoms with Crippen LogP contribution in [0.15, 0.2) is 41.8 Å². The molecular weight excluding hydrogens is 401 g/mol. The molecule has 1 N–H and O–H groups in total. The minimum absolute atomic E-state index is 0.0365. The van der Waals surface area contributed by atoms with Crippen molar-refractivity contribution in [3.63, 3.8) is 0 Å².